The third kappa shape index (κ3) is 3.96. The summed E-state index contributed by atoms with van der Waals surface area (Å²) < 4.78 is 0. The van der Waals surface area contributed by atoms with Gasteiger partial charge in [-0.3, -0.25) is 9.78 Å². The predicted octanol–water partition coefficient (Wildman–Crippen LogP) is 3.42. The van der Waals surface area contributed by atoms with E-state index in [2.05, 4.69) is 22.1 Å². The molecule has 0 bridgehead atoms. The molecule has 0 radical (unpaired) electrons. The Kier molecular flexibility index (Phi) is 5.03. The molecule has 1 N–H and O–H groups in total. The van der Waals surface area contributed by atoms with Crippen LogP contribution >= 0.6 is 0 Å². The van der Waals surface area contributed by atoms with E-state index in [1.54, 1.807) is 12.4 Å². The molecule has 4 heteroatoms. The molecule has 23 heavy (non-hydrogen) atoms. The van der Waals surface area contributed by atoms with Gasteiger partial charge in [0, 0.05) is 24.0 Å². The van der Waals surface area contributed by atoms with Crippen molar-refractivity contribution in [2.75, 3.05) is 25.0 Å². The van der Waals surface area contributed by atoms with Gasteiger partial charge >= 0.3 is 0 Å². The summed E-state index contributed by atoms with van der Waals surface area (Å²) in [7, 11) is 0. The average molecular weight is 309 g/mol. The summed E-state index contributed by atoms with van der Waals surface area (Å²) in [5, 5.41) is 3.05. The number of carbonyl (C=O) groups excluding carboxylic acids is 1. The summed E-state index contributed by atoms with van der Waals surface area (Å²) in [6.07, 6.45) is 5.48. The maximum Gasteiger partial charge on any atom is 0.227 e. The molecule has 1 aromatic heterocycles. The van der Waals surface area contributed by atoms with E-state index < -0.39 is 0 Å². The van der Waals surface area contributed by atoms with E-state index in [0.29, 0.717) is 0 Å². The molecule has 0 aliphatic carbocycles. The number of likely N-dealkylation sites (tertiary alicyclic amines) is 1. The zero-order valence-electron chi connectivity index (χ0n) is 13.5. The van der Waals surface area contributed by atoms with Crippen LogP contribution in [0.4, 0.5) is 5.69 Å². The Morgan fingerprint density at radius 2 is 1.70 bits per heavy atom. The summed E-state index contributed by atoms with van der Waals surface area (Å²) in [5.41, 5.74) is 3.12. The van der Waals surface area contributed by atoms with Crippen LogP contribution in [0.5, 0.6) is 0 Å². The lowest BCUT2D eigenvalue weighted by Gasteiger charge is -2.30. The van der Waals surface area contributed by atoms with Crippen molar-refractivity contribution in [1.29, 1.82) is 0 Å². The van der Waals surface area contributed by atoms with Crippen LogP contribution in [0.1, 0.15) is 19.8 Å². The number of amides is 1. The lowest BCUT2D eigenvalue weighted by atomic mass is 9.96. The molecule has 1 aromatic carbocycles. The Bertz CT molecular complexity index is 631. The molecule has 1 amide bonds. The largest absolute Gasteiger partial charge is 0.326 e. The minimum absolute atomic E-state index is 0.137. The zero-order chi connectivity index (χ0) is 16.1. The van der Waals surface area contributed by atoms with Gasteiger partial charge in [0.2, 0.25) is 5.91 Å². The fourth-order valence-corrected chi connectivity index (χ4v) is 3.05. The number of piperidine rings is 1. The van der Waals surface area contributed by atoms with Crippen molar-refractivity contribution in [3.05, 3.63) is 48.8 Å². The number of anilines is 1. The summed E-state index contributed by atoms with van der Waals surface area (Å²) in [6.45, 7) is 5.29. The molecule has 0 saturated carbocycles. The number of hydrogen-bond donors (Lipinski definition) is 1. The lowest BCUT2D eigenvalue weighted by Crippen LogP contribution is -2.37. The molecule has 1 fully saturated rings. The van der Waals surface area contributed by atoms with Gasteiger partial charge in [-0.1, -0.05) is 19.1 Å². The first kappa shape index (κ1) is 15.7. The van der Waals surface area contributed by atoms with Crippen molar-refractivity contribution in [2.45, 2.75) is 19.8 Å². The second kappa shape index (κ2) is 7.38. The summed E-state index contributed by atoms with van der Waals surface area (Å²) >= 11 is 0. The Labute approximate surface area is 137 Å². The Morgan fingerprint density at radius 3 is 2.30 bits per heavy atom. The molecule has 2 heterocycles. The minimum atomic E-state index is 0.137. The van der Waals surface area contributed by atoms with Crippen LogP contribution in [0.3, 0.4) is 0 Å². The van der Waals surface area contributed by atoms with E-state index >= 15 is 0 Å². The number of pyridine rings is 1. The smallest absolute Gasteiger partial charge is 0.227 e. The van der Waals surface area contributed by atoms with Crippen molar-refractivity contribution in [1.82, 2.24) is 9.88 Å². The highest BCUT2D eigenvalue weighted by atomic mass is 16.1. The molecule has 3 rings (SSSR count). The number of nitrogens with one attached hydrogen (secondary N) is 1. The maximum absolute atomic E-state index is 12.4. The first-order chi connectivity index (χ1) is 11.3. The average Bonchev–Trinajstić information content (AvgIpc) is 2.63. The zero-order valence-corrected chi connectivity index (χ0v) is 13.5. The van der Waals surface area contributed by atoms with Gasteiger partial charge in [0.15, 0.2) is 0 Å². The first-order valence-electron chi connectivity index (χ1n) is 8.30. The highest BCUT2D eigenvalue weighted by molar-refractivity contribution is 5.92. The Hall–Kier alpha value is -2.20. The molecular weight excluding hydrogens is 286 g/mol. The van der Waals surface area contributed by atoms with E-state index in [1.807, 2.05) is 36.4 Å². The fraction of sp³-hybridized carbons (Fsp3) is 0.368. The number of carbonyl (C=O) groups is 1. The van der Waals surface area contributed by atoms with Crippen molar-refractivity contribution < 1.29 is 4.79 Å². The van der Waals surface area contributed by atoms with Crippen LogP contribution < -0.4 is 5.32 Å². The van der Waals surface area contributed by atoms with E-state index in [-0.39, 0.29) is 11.8 Å². The van der Waals surface area contributed by atoms with Gasteiger partial charge in [0.05, 0.1) is 0 Å². The SMILES string of the molecule is CCN1CCC(C(=O)Nc2ccc(-c3ccncc3)cc2)CC1. The third-order valence-electron chi connectivity index (χ3n) is 4.57. The van der Waals surface area contributed by atoms with Crippen molar-refractivity contribution in [2.24, 2.45) is 5.92 Å². The third-order valence-corrected chi connectivity index (χ3v) is 4.57. The number of nitrogens with zero attached hydrogens (tertiary/aromatic N) is 2. The van der Waals surface area contributed by atoms with Crippen LogP contribution in [-0.4, -0.2) is 35.4 Å². The predicted molar refractivity (Wildman–Crippen MR) is 93.1 cm³/mol. The summed E-state index contributed by atoms with van der Waals surface area (Å²) in [6, 6.07) is 12.0. The van der Waals surface area contributed by atoms with Gasteiger partial charge < -0.3 is 10.2 Å². The summed E-state index contributed by atoms with van der Waals surface area (Å²) in [5.74, 6) is 0.287. The van der Waals surface area contributed by atoms with Crippen LogP contribution in [0.25, 0.3) is 11.1 Å². The Balaban J connectivity index is 1.59. The number of hydrogen-bond acceptors (Lipinski definition) is 3. The number of aromatic nitrogens is 1. The highest BCUT2D eigenvalue weighted by Crippen LogP contribution is 2.22. The number of rotatable bonds is 4. The van der Waals surface area contributed by atoms with Gasteiger partial charge in [-0.2, -0.15) is 0 Å². The van der Waals surface area contributed by atoms with E-state index in [4.69, 9.17) is 0 Å². The molecule has 2 aromatic rings. The van der Waals surface area contributed by atoms with Gasteiger partial charge in [-0.15, -0.1) is 0 Å². The van der Waals surface area contributed by atoms with Gasteiger partial charge in [0.25, 0.3) is 0 Å². The van der Waals surface area contributed by atoms with Gasteiger partial charge in [-0.05, 0) is 67.9 Å². The second-order valence-electron chi connectivity index (χ2n) is 6.01. The molecule has 1 aliphatic rings. The maximum atomic E-state index is 12.4. The van der Waals surface area contributed by atoms with E-state index in [1.165, 1.54) is 0 Å². The lowest BCUT2D eigenvalue weighted by molar-refractivity contribution is -0.121. The molecule has 4 nitrogen and oxygen atoms in total. The molecule has 1 saturated heterocycles. The second-order valence-corrected chi connectivity index (χ2v) is 6.01. The standard InChI is InChI=1S/C19H23N3O/c1-2-22-13-9-17(10-14-22)19(23)21-18-5-3-15(4-6-18)16-7-11-20-12-8-16/h3-8,11-12,17H,2,9-10,13-14H2,1H3,(H,21,23). The van der Waals surface area contributed by atoms with Crippen molar-refractivity contribution in [3.63, 3.8) is 0 Å². The molecule has 0 unspecified atom stereocenters. The molecule has 0 spiro atoms. The Morgan fingerprint density at radius 1 is 1.09 bits per heavy atom. The molecule has 1 aliphatic heterocycles. The fourth-order valence-electron chi connectivity index (χ4n) is 3.05. The monoisotopic (exact) mass is 309 g/mol. The summed E-state index contributed by atoms with van der Waals surface area (Å²) in [4.78, 5) is 18.8. The van der Waals surface area contributed by atoms with Crippen LogP contribution in [-0.2, 0) is 4.79 Å². The normalized spacial score (nSPS) is 16.2. The van der Waals surface area contributed by atoms with Crippen LogP contribution in [0, 0.1) is 5.92 Å². The quantitative estimate of drug-likeness (QED) is 0.941. The van der Waals surface area contributed by atoms with Crippen LogP contribution in [0.2, 0.25) is 0 Å². The molecule has 0 atom stereocenters. The van der Waals surface area contributed by atoms with E-state index in [9.17, 15) is 4.79 Å². The minimum Gasteiger partial charge on any atom is -0.326 e. The van der Waals surface area contributed by atoms with Crippen molar-refractivity contribution >= 4 is 11.6 Å². The highest BCUT2D eigenvalue weighted by Gasteiger charge is 2.24. The van der Waals surface area contributed by atoms with Crippen molar-refractivity contribution in [3.8, 4) is 11.1 Å². The van der Waals surface area contributed by atoms with Gasteiger partial charge in [-0.25, -0.2) is 0 Å². The first-order valence-corrected chi connectivity index (χ1v) is 8.30. The molecular formula is C19H23N3O. The van der Waals surface area contributed by atoms with Crippen LogP contribution in [0.15, 0.2) is 48.8 Å². The van der Waals surface area contributed by atoms with E-state index in [0.717, 1.165) is 49.3 Å². The van der Waals surface area contributed by atoms with Gasteiger partial charge in [0.1, 0.15) is 0 Å². The molecule has 120 valence electrons. The topological polar surface area (TPSA) is 45.2 Å². The number of benzene rings is 1.